The van der Waals surface area contributed by atoms with Crippen molar-refractivity contribution in [3.05, 3.63) is 89.4 Å². The molecule has 1 atom stereocenters. The van der Waals surface area contributed by atoms with Crippen LogP contribution in [0.5, 0.6) is 0 Å². The first-order chi connectivity index (χ1) is 14.5. The predicted octanol–water partition coefficient (Wildman–Crippen LogP) is 4.17. The van der Waals surface area contributed by atoms with E-state index in [-0.39, 0.29) is 16.8 Å². The largest absolute Gasteiger partial charge is 0.478 e. The summed E-state index contributed by atoms with van der Waals surface area (Å²) in [6.07, 6.45) is 2.30. The second kappa shape index (κ2) is 8.32. The minimum Gasteiger partial charge on any atom is -0.478 e. The summed E-state index contributed by atoms with van der Waals surface area (Å²) in [6, 6.07) is 17.0. The fourth-order valence-corrected chi connectivity index (χ4v) is 3.73. The number of benzene rings is 2. The molecule has 152 valence electrons. The molecule has 1 aliphatic heterocycles. The smallest absolute Gasteiger partial charge is 0.339 e. The number of aromatic nitrogens is 1. The highest BCUT2D eigenvalue weighted by molar-refractivity contribution is 6.05. The Hall–Kier alpha value is -3.74. The summed E-state index contributed by atoms with van der Waals surface area (Å²) in [5, 5.41) is 12.2. The van der Waals surface area contributed by atoms with Crippen LogP contribution in [0.4, 0.5) is 15.9 Å². The van der Waals surface area contributed by atoms with E-state index < -0.39 is 17.7 Å². The molecular weight excluding hydrogens is 385 g/mol. The van der Waals surface area contributed by atoms with Crippen molar-refractivity contribution in [2.45, 2.75) is 12.3 Å². The number of hydrogen-bond acceptors (Lipinski definition) is 4. The lowest BCUT2D eigenvalue weighted by Gasteiger charge is -2.20. The van der Waals surface area contributed by atoms with Crippen LogP contribution in [0.3, 0.4) is 0 Å². The van der Waals surface area contributed by atoms with Gasteiger partial charge < -0.3 is 15.3 Å². The molecule has 3 aromatic rings. The molecule has 2 aromatic carbocycles. The summed E-state index contributed by atoms with van der Waals surface area (Å²) in [4.78, 5) is 30.4. The first kappa shape index (κ1) is 19.6. The van der Waals surface area contributed by atoms with E-state index in [9.17, 15) is 19.1 Å². The maximum atomic E-state index is 13.8. The first-order valence-electron chi connectivity index (χ1n) is 9.62. The molecular formula is C23H20FN3O3. The molecule has 0 aliphatic carbocycles. The zero-order valence-corrected chi connectivity index (χ0v) is 16.1. The van der Waals surface area contributed by atoms with Crippen molar-refractivity contribution in [1.29, 1.82) is 0 Å². The molecule has 0 radical (unpaired) electrons. The number of carboxylic acid groups (broad SMARTS) is 1. The average Bonchev–Trinajstić information content (AvgIpc) is 3.24. The SMILES string of the molecule is O=C(Nc1cnc(N2CC[C@H](c3ccccc3)C2)c(C(=O)O)c1)c1ccccc1F. The Kier molecular flexibility index (Phi) is 5.43. The molecule has 1 saturated heterocycles. The second-order valence-electron chi connectivity index (χ2n) is 7.18. The van der Waals surface area contributed by atoms with Gasteiger partial charge in [-0.3, -0.25) is 4.79 Å². The van der Waals surface area contributed by atoms with Crippen molar-refractivity contribution in [3.63, 3.8) is 0 Å². The van der Waals surface area contributed by atoms with Crippen LogP contribution >= 0.6 is 0 Å². The van der Waals surface area contributed by atoms with Crippen LogP contribution in [0, 0.1) is 5.82 Å². The maximum absolute atomic E-state index is 13.8. The van der Waals surface area contributed by atoms with Crippen molar-refractivity contribution in [2.24, 2.45) is 0 Å². The third-order valence-electron chi connectivity index (χ3n) is 5.23. The number of carbonyl (C=O) groups excluding carboxylic acids is 1. The van der Waals surface area contributed by atoms with Crippen LogP contribution < -0.4 is 10.2 Å². The normalized spacial score (nSPS) is 15.8. The number of nitrogens with zero attached hydrogens (tertiary/aromatic N) is 2. The van der Waals surface area contributed by atoms with Crippen molar-refractivity contribution in [3.8, 4) is 0 Å². The van der Waals surface area contributed by atoms with Crippen LogP contribution in [-0.2, 0) is 0 Å². The summed E-state index contributed by atoms with van der Waals surface area (Å²) in [6.45, 7) is 1.35. The van der Waals surface area contributed by atoms with Crippen LogP contribution in [-0.4, -0.2) is 35.1 Å². The van der Waals surface area contributed by atoms with Crippen molar-refractivity contribution < 1.29 is 19.1 Å². The van der Waals surface area contributed by atoms with Gasteiger partial charge in [0.15, 0.2) is 0 Å². The number of carbonyl (C=O) groups is 2. The van der Waals surface area contributed by atoms with Crippen LogP contribution in [0.2, 0.25) is 0 Å². The minimum atomic E-state index is -1.14. The molecule has 2 heterocycles. The highest BCUT2D eigenvalue weighted by Crippen LogP contribution is 2.32. The number of carboxylic acids is 1. The van der Waals surface area contributed by atoms with Crippen LogP contribution in [0.15, 0.2) is 66.9 Å². The van der Waals surface area contributed by atoms with E-state index in [1.807, 2.05) is 23.1 Å². The molecule has 0 spiro atoms. The predicted molar refractivity (Wildman–Crippen MR) is 112 cm³/mol. The zero-order chi connectivity index (χ0) is 21.1. The van der Waals surface area contributed by atoms with Gasteiger partial charge in [0.2, 0.25) is 0 Å². The number of halogens is 1. The summed E-state index contributed by atoms with van der Waals surface area (Å²) >= 11 is 0. The number of hydrogen-bond donors (Lipinski definition) is 2. The Morgan fingerprint density at radius 3 is 2.53 bits per heavy atom. The Morgan fingerprint density at radius 2 is 1.80 bits per heavy atom. The van der Waals surface area contributed by atoms with Gasteiger partial charge in [0.25, 0.3) is 5.91 Å². The van der Waals surface area contributed by atoms with Gasteiger partial charge in [0, 0.05) is 19.0 Å². The van der Waals surface area contributed by atoms with E-state index in [0.717, 1.165) is 6.42 Å². The van der Waals surface area contributed by atoms with Crippen molar-refractivity contribution in [2.75, 3.05) is 23.3 Å². The molecule has 4 rings (SSSR count). The summed E-state index contributed by atoms with van der Waals surface area (Å²) in [5.74, 6) is -1.78. The Morgan fingerprint density at radius 1 is 1.07 bits per heavy atom. The highest BCUT2D eigenvalue weighted by atomic mass is 19.1. The third-order valence-corrected chi connectivity index (χ3v) is 5.23. The fourth-order valence-electron chi connectivity index (χ4n) is 3.73. The van der Waals surface area contributed by atoms with E-state index in [0.29, 0.717) is 24.8 Å². The molecule has 0 saturated carbocycles. The second-order valence-corrected chi connectivity index (χ2v) is 7.18. The molecule has 6 nitrogen and oxygen atoms in total. The van der Waals surface area contributed by atoms with Gasteiger partial charge in [-0.05, 0) is 30.2 Å². The number of aromatic carboxylic acids is 1. The molecule has 1 amide bonds. The molecule has 1 aliphatic rings. The average molecular weight is 405 g/mol. The van der Waals surface area contributed by atoms with Crippen LogP contribution in [0.25, 0.3) is 0 Å². The van der Waals surface area contributed by atoms with E-state index in [1.54, 1.807) is 6.07 Å². The summed E-state index contributed by atoms with van der Waals surface area (Å²) < 4.78 is 13.8. The molecule has 30 heavy (non-hydrogen) atoms. The van der Waals surface area contributed by atoms with Gasteiger partial charge in [0.05, 0.1) is 17.4 Å². The third kappa shape index (κ3) is 4.00. The lowest BCUT2D eigenvalue weighted by Crippen LogP contribution is -2.23. The molecule has 0 bridgehead atoms. The first-order valence-corrected chi connectivity index (χ1v) is 9.62. The van der Waals surface area contributed by atoms with E-state index >= 15 is 0 Å². The van der Waals surface area contributed by atoms with E-state index in [2.05, 4.69) is 22.4 Å². The zero-order valence-electron chi connectivity index (χ0n) is 16.1. The topological polar surface area (TPSA) is 82.5 Å². The minimum absolute atomic E-state index is 0.00459. The number of rotatable bonds is 5. The number of anilines is 2. The summed E-state index contributed by atoms with van der Waals surface area (Å²) in [7, 11) is 0. The quantitative estimate of drug-likeness (QED) is 0.666. The van der Waals surface area contributed by atoms with Gasteiger partial charge in [-0.15, -0.1) is 0 Å². The maximum Gasteiger partial charge on any atom is 0.339 e. The summed E-state index contributed by atoms with van der Waals surface area (Å²) in [5.41, 5.74) is 1.28. The molecule has 7 heteroatoms. The Bertz CT molecular complexity index is 1090. The van der Waals surface area contributed by atoms with Crippen molar-refractivity contribution in [1.82, 2.24) is 4.98 Å². The molecule has 0 unspecified atom stereocenters. The Labute approximate surface area is 173 Å². The number of pyridine rings is 1. The van der Waals surface area contributed by atoms with E-state index in [1.165, 1.54) is 36.0 Å². The van der Waals surface area contributed by atoms with E-state index in [4.69, 9.17) is 0 Å². The Balaban J connectivity index is 1.55. The van der Waals surface area contributed by atoms with Gasteiger partial charge in [-0.2, -0.15) is 0 Å². The standard InChI is InChI=1S/C23H20FN3O3/c24-20-9-5-4-8-18(20)22(28)26-17-12-19(23(29)30)21(25-13-17)27-11-10-16(14-27)15-6-2-1-3-7-15/h1-9,12-13,16H,10-11,14H2,(H,26,28)(H,29,30)/t16-/m0/s1. The number of nitrogens with one attached hydrogen (secondary N) is 1. The molecule has 1 aromatic heterocycles. The van der Waals surface area contributed by atoms with Gasteiger partial charge in [0.1, 0.15) is 17.2 Å². The fraction of sp³-hybridized carbons (Fsp3) is 0.174. The van der Waals surface area contributed by atoms with Crippen LogP contribution in [0.1, 0.15) is 38.6 Å². The molecule has 1 fully saturated rings. The van der Waals surface area contributed by atoms with Gasteiger partial charge in [-0.25, -0.2) is 14.2 Å². The lowest BCUT2D eigenvalue weighted by atomic mass is 9.99. The van der Waals surface area contributed by atoms with Gasteiger partial charge >= 0.3 is 5.97 Å². The molecule has 2 N–H and O–H groups in total. The monoisotopic (exact) mass is 405 g/mol. The lowest BCUT2D eigenvalue weighted by molar-refractivity contribution is 0.0696. The number of amides is 1. The van der Waals surface area contributed by atoms with Crippen molar-refractivity contribution >= 4 is 23.4 Å². The van der Waals surface area contributed by atoms with Gasteiger partial charge in [-0.1, -0.05) is 42.5 Å². The highest BCUT2D eigenvalue weighted by Gasteiger charge is 2.28.